The number of hydrogen-bond donors (Lipinski definition) is 2. The Hall–Kier alpha value is -2.82. The number of carbonyl (C=O) groups is 2. The van der Waals surface area contributed by atoms with E-state index in [4.69, 9.17) is 14.7 Å². The number of nitriles is 1. The van der Waals surface area contributed by atoms with Crippen LogP contribution in [0.2, 0.25) is 0 Å². The molecule has 0 aliphatic carbocycles. The number of alkyl carbamates (subject to hydrolysis) is 1. The number of carbonyl (C=O) groups excluding carboxylic acids is 1. The molecule has 0 aliphatic rings. The van der Waals surface area contributed by atoms with Crippen LogP contribution in [-0.2, 0) is 16.0 Å². The lowest BCUT2D eigenvalue weighted by Gasteiger charge is -2.22. The molecule has 0 bridgehead atoms. The van der Waals surface area contributed by atoms with Crippen LogP contribution in [0.15, 0.2) is 12.3 Å². The lowest BCUT2D eigenvalue weighted by atomic mass is 10.1. The Morgan fingerprint density at radius 1 is 1.48 bits per heavy atom. The van der Waals surface area contributed by atoms with Crippen LogP contribution in [0.4, 0.5) is 4.79 Å². The maximum atomic E-state index is 11.7. The molecule has 1 rings (SSSR count). The van der Waals surface area contributed by atoms with E-state index in [0.29, 0.717) is 5.56 Å². The smallest absolute Gasteiger partial charge is 0.408 e. The van der Waals surface area contributed by atoms with Gasteiger partial charge in [-0.2, -0.15) is 5.26 Å². The number of aliphatic carboxylic acids is 1. The molecule has 0 unspecified atom stereocenters. The summed E-state index contributed by atoms with van der Waals surface area (Å²) in [5.74, 6) is -0.967. The van der Waals surface area contributed by atoms with E-state index < -0.39 is 23.7 Å². The Balaban J connectivity index is 2.87. The van der Waals surface area contributed by atoms with Gasteiger partial charge in [0.25, 0.3) is 0 Å². The molecule has 23 heavy (non-hydrogen) atoms. The van der Waals surface area contributed by atoms with Crippen LogP contribution in [0.5, 0.6) is 5.75 Å². The topological polar surface area (TPSA) is 122 Å². The predicted molar refractivity (Wildman–Crippen MR) is 80.0 cm³/mol. The van der Waals surface area contributed by atoms with Crippen molar-refractivity contribution in [3.63, 3.8) is 0 Å². The third-order valence-electron chi connectivity index (χ3n) is 2.66. The molecule has 1 aromatic heterocycles. The molecule has 2 N–H and O–H groups in total. The summed E-state index contributed by atoms with van der Waals surface area (Å²) in [6.45, 7) is 5.03. The number of pyridine rings is 1. The summed E-state index contributed by atoms with van der Waals surface area (Å²) in [7, 11) is 1.38. The maximum Gasteiger partial charge on any atom is 0.408 e. The quantitative estimate of drug-likeness (QED) is 0.842. The molecule has 0 radical (unpaired) electrons. The Morgan fingerprint density at radius 3 is 2.61 bits per heavy atom. The van der Waals surface area contributed by atoms with Crippen LogP contribution in [0.3, 0.4) is 0 Å². The summed E-state index contributed by atoms with van der Waals surface area (Å²) in [4.78, 5) is 26.9. The fourth-order valence-corrected chi connectivity index (χ4v) is 1.72. The number of ether oxygens (including phenoxy) is 2. The second-order valence-corrected chi connectivity index (χ2v) is 5.75. The van der Waals surface area contributed by atoms with E-state index in [9.17, 15) is 14.7 Å². The van der Waals surface area contributed by atoms with Crippen molar-refractivity contribution < 1.29 is 24.2 Å². The summed E-state index contributed by atoms with van der Waals surface area (Å²) in [5.41, 5.74) is -0.126. The van der Waals surface area contributed by atoms with Gasteiger partial charge in [0.05, 0.1) is 7.11 Å². The van der Waals surface area contributed by atoms with Crippen molar-refractivity contribution >= 4 is 12.1 Å². The number of carboxylic acids is 1. The number of nitrogens with one attached hydrogen (secondary N) is 1. The summed E-state index contributed by atoms with van der Waals surface area (Å²) in [5, 5.41) is 20.4. The van der Waals surface area contributed by atoms with Gasteiger partial charge >= 0.3 is 12.1 Å². The largest absolute Gasteiger partial charge is 0.494 e. The summed E-state index contributed by atoms with van der Waals surface area (Å²) < 4.78 is 10.1. The molecule has 0 fully saturated rings. The van der Waals surface area contributed by atoms with E-state index in [-0.39, 0.29) is 17.9 Å². The minimum Gasteiger partial charge on any atom is -0.494 e. The van der Waals surface area contributed by atoms with Crippen LogP contribution in [-0.4, -0.2) is 40.9 Å². The molecule has 1 atom stereocenters. The second-order valence-electron chi connectivity index (χ2n) is 5.75. The van der Waals surface area contributed by atoms with Gasteiger partial charge in [0.15, 0.2) is 11.4 Å². The minimum atomic E-state index is -1.21. The first-order valence-corrected chi connectivity index (χ1v) is 6.81. The van der Waals surface area contributed by atoms with Crippen LogP contribution in [0.25, 0.3) is 0 Å². The highest BCUT2D eigenvalue weighted by Crippen LogP contribution is 2.18. The van der Waals surface area contributed by atoms with Crippen molar-refractivity contribution in [1.29, 1.82) is 5.26 Å². The van der Waals surface area contributed by atoms with E-state index in [1.54, 1.807) is 20.8 Å². The molecule has 0 spiro atoms. The molecule has 1 aromatic rings. The first-order valence-electron chi connectivity index (χ1n) is 6.81. The molecule has 8 nitrogen and oxygen atoms in total. The maximum absolute atomic E-state index is 11.7. The van der Waals surface area contributed by atoms with Gasteiger partial charge < -0.3 is 19.9 Å². The van der Waals surface area contributed by atoms with Crippen molar-refractivity contribution in [3.05, 3.63) is 23.5 Å². The molecular formula is C15H19N3O5. The summed E-state index contributed by atoms with van der Waals surface area (Å²) in [6, 6.07) is 2.19. The SMILES string of the molecule is COc1cc(C[C@H](NC(=O)OC(C)(C)C)C(=O)O)cnc1C#N. The van der Waals surface area contributed by atoms with Crippen LogP contribution >= 0.6 is 0 Å². The number of hydrogen-bond acceptors (Lipinski definition) is 6. The third kappa shape index (κ3) is 5.82. The van der Waals surface area contributed by atoms with Gasteiger partial charge in [-0.3, -0.25) is 0 Å². The lowest BCUT2D eigenvalue weighted by Crippen LogP contribution is -2.44. The van der Waals surface area contributed by atoms with Gasteiger partial charge in [0.2, 0.25) is 0 Å². The van der Waals surface area contributed by atoms with Crippen LogP contribution in [0.1, 0.15) is 32.0 Å². The Morgan fingerprint density at radius 2 is 2.13 bits per heavy atom. The first-order chi connectivity index (χ1) is 10.7. The number of carboxylic acid groups (broad SMARTS) is 1. The first kappa shape index (κ1) is 18.2. The molecule has 0 aliphatic heterocycles. The summed E-state index contributed by atoms with van der Waals surface area (Å²) in [6.07, 6.45) is 0.524. The number of aromatic nitrogens is 1. The van der Waals surface area contributed by atoms with E-state index in [2.05, 4.69) is 10.3 Å². The third-order valence-corrected chi connectivity index (χ3v) is 2.66. The highest BCUT2D eigenvalue weighted by molar-refractivity contribution is 5.80. The number of rotatable bonds is 5. The molecule has 8 heteroatoms. The zero-order valence-corrected chi connectivity index (χ0v) is 13.4. The molecule has 0 saturated heterocycles. The summed E-state index contributed by atoms with van der Waals surface area (Å²) >= 11 is 0. The van der Waals surface area contributed by atoms with E-state index >= 15 is 0 Å². The molecule has 1 heterocycles. The van der Waals surface area contributed by atoms with Crippen LogP contribution < -0.4 is 10.1 Å². The van der Waals surface area contributed by atoms with E-state index in [0.717, 1.165) is 0 Å². The van der Waals surface area contributed by atoms with Gasteiger partial charge in [-0.1, -0.05) is 0 Å². The second kappa shape index (κ2) is 7.45. The van der Waals surface area contributed by atoms with Gasteiger partial charge in [-0.05, 0) is 32.4 Å². The molecule has 0 saturated carbocycles. The van der Waals surface area contributed by atoms with Crippen molar-refractivity contribution in [2.24, 2.45) is 0 Å². The van der Waals surface area contributed by atoms with Crippen molar-refractivity contribution in [2.45, 2.75) is 38.8 Å². The number of amides is 1. The lowest BCUT2D eigenvalue weighted by molar-refractivity contribution is -0.139. The Labute approximate surface area is 134 Å². The van der Waals surface area contributed by atoms with Crippen LogP contribution in [0, 0.1) is 11.3 Å². The van der Waals surface area contributed by atoms with E-state index in [1.807, 2.05) is 6.07 Å². The molecule has 124 valence electrons. The standard InChI is InChI=1S/C15H19N3O5/c1-15(2,3)23-14(21)18-10(13(19)20)5-9-6-12(22-4)11(7-16)17-8-9/h6,8,10H,5H2,1-4H3,(H,18,21)(H,19,20)/t10-/m0/s1. The van der Waals surface area contributed by atoms with Gasteiger partial charge in [0, 0.05) is 12.6 Å². The zero-order chi connectivity index (χ0) is 17.6. The average molecular weight is 321 g/mol. The van der Waals surface area contributed by atoms with E-state index in [1.165, 1.54) is 19.4 Å². The van der Waals surface area contributed by atoms with Crippen molar-refractivity contribution in [1.82, 2.24) is 10.3 Å². The Kier molecular flexibility index (Phi) is 5.90. The Bertz CT molecular complexity index is 631. The molecule has 1 amide bonds. The zero-order valence-electron chi connectivity index (χ0n) is 13.4. The van der Waals surface area contributed by atoms with Gasteiger partial charge in [-0.15, -0.1) is 0 Å². The fourth-order valence-electron chi connectivity index (χ4n) is 1.72. The number of nitrogens with zero attached hydrogens (tertiary/aromatic N) is 2. The number of methoxy groups -OCH3 is 1. The normalized spacial score (nSPS) is 12.0. The molecule has 0 aromatic carbocycles. The van der Waals surface area contributed by atoms with Crippen molar-refractivity contribution in [3.8, 4) is 11.8 Å². The minimum absolute atomic E-state index is 0.0242. The highest BCUT2D eigenvalue weighted by atomic mass is 16.6. The van der Waals surface area contributed by atoms with Crippen molar-refractivity contribution in [2.75, 3.05) is 7.11 Å². The average Bonchev–Trinajstić information content (AvgIpc) is 2.44. The van der Waals surface area contributed by atoms with Gasteiger partial charge in [-0.25, -0.2) is 14.6 Å². The highest BCUT2D eigenvalue weighted by Gasteiger charge is 2.24. The fraction of sp³-hybridized carbons (Fsp3) is 0.467. The molecular weight excluding hydrogens is 302 g/mol. The predicted octanol–water partition coefficient (Wildman–Crippen LogP) is 1.48. The monoisotopic (exact) mass is 321 g/mol. The van der Waals surface area contributed by atoms with Gasteiger partial charge in [0.1, 0.15) is 17.7 Å².